The van der Waals surface area contributed by atoms with Gasteiger partial charge in [0.25, 0.3) is 0 Å². The first-order valence-corrected chi connectivity index (χ1v) is 6.49. The van der Waals surface area contributed by atoms with Crippen molar-refractivity contribution in [3.8, 4) is 0 Å². The summed E-state index contributed by atoms with van der Waals surface area (Å²) in [5.74, 6) is 0.793. The quantitative estimate of drug-likeness (QED) is 0.594. The maximum atomic E-state index is 3.29. The van der Waals surface area contributed by atoms with Crippen LogP contribution in [0.3, 0.4) is 0 Å². The molecule has 1 N–H and O–H groups in total. The van der Waals surface area contributed by atoms with Gasteiger partial charge < -0.3 is 10.2 Å². The zero-order valence-corrected chi connectivity index (χ0v) is 11.3. The van der Waals surface area contributed by atoms with Crippen LogP contribution in [0.25, 0.3) is 0 Å². The summed E-state index contributed by atoms with van der Waals surface area (Å²) >= 11 is 0. The molecule has 0 aliphatic rings. The van der Waals surface area contributed by atoms with Gasteiger partial charge in [-0.05, 0) is 45.8 Å². The third-order valence-corrected chi connectivity index (χ3v) is 2.92. The summed E-state index contributed by atoms with van der Waals surface area (Å²) < 4.78 is 0. The zero-order valence-electron chi connectivity index (χ0n) is 11.3. The average molecular weight is 214 g/mol. The number of hydrogen-bond donors (Lipinski definition) is 1. The second-order valence-corrected chi connectivity index (χ2v) is 4.97. The summed E-state index contributed by atoms with van der Waals surface area (Å²) in [5, 5.41) is 3.29. The summed E-state index contributed by atoms with van der Waals surface area (Å²) in [5.41, 5.74) is 0. The summed E-state index contributed by atoms with van der Waals surface area (Å²) in [7, 11) is 2.04. The smallest absolute Gasteiger partial charge is 0.00357 e. The molecular weight excluding hydrogens is 184 g/mol. The molecule has 0 rings (SSSR count). The van der Waals surface area contributed by atoms with Crippen LogP contribution in [0, 0.1) is 5.92 Å². The molecule has 0 amide bonds. The minimum absolute atomic E-state index is 0.671. The van der Waals surface area contributed by atoms with Gasteiger partial charge in [0, 0.05) is 12.6 Å². The predicted octanol–water partition coefficient (Wildman–Crippen LogP) is 2.74. The van der Waals surface area contributed by atoms with Gasteiger partial charge in [-0.3, -0.25) is 0 Å². The van der Waals surface area contributed by atoms with Crippen molar-refractivity contribution in [3.05, 3.63) is 0 Å². The molecule has 0 heterocycles. The topological polar surface area (TPSA) is 15.3 Å². The molecule has 0 aromatic carbocycles. The average Bonchev–Trinajstić information content (AvgIpc) is 2.21. The largest absolute Gasteiger partial charge is 0.317 e. The first-order valence-electron chi connectivity index (χ1n) is 6.49. The van der Waals surface area contributed by atoms with Gasteiger partial charge in [0.1, 0.15) is 0 Å². The Balaban J connectivity index is 3.46. The van der Waals surface area contributed by atoms with Crippen molar-refractivity contribution in [2.24, 2.45) is 5.92 Å². The highest BCUT2D eigenvalue weighted by molar-refractivity contribution is 4.61. The predicted molar refractivity (Wildman–Crippen MR) is 69.3 cm³/mol. The Labute approximate surface area is 96.4 Å². The first-order chi connectivity index (χ1) is 7.10. The molecule has 0 saturated carbocycles. The molecule has 0 aliphatic carbocycles. The van der Waals surface area contributed by atoms with E-state index >= 15 is 0 Å². The van der Waals surface area contributed by atoms with Crippen LogP contribution in [-0.2, 0) is 0 Å². The van der Waals surface area contributed by atoms with Crippen molar-refractivity contribution in [2.75, 3.05) is 26.7 Å². The lowest BCUT2D eigenvalue weighted by molar-refractivity contribution is 0.249. The Kier molecular flexibility index (Phi) is 9.12. The van der Waals surface area contributed by atoms with Crippen molar-refractivity contribution < 1.29 is 0 Å². The third kappa shape index (κ3) is 8.88. The van der Waals surface area contributed by atoms with Crippen LogP contribution in [0.15, 0.2) is 0 Å². The summed E-state index contributed by atoms with van der Waals surface area (Å²) in [4.78, 5) is 2.56. The van der Waals surface area contributed by atoms with Crippen LogP contribution in [0.2, 0.25) is 0 Å². The maximum Gasteiger partial charge on any atom is 0.00357 e. The van der Waals surface area contributed by atoms with Gasteiger partial charge in [-0.25, -0.2) is 0 Å². The standard InChI is InChI=1S/C13H30N2/c1-6-15(11-12(2)3)10-8-7-9-13(4)14-5/h12-14H,6-11H2,1-5H3. The van der Waals surface area contributed by atoms with E-state index in [0.717, 1.165) is 5.92 Å². The Morgan fingerprint density at radius 2 is 1.80 bits per heavy atom. The Hall–Kier alpha value is -0.0800. The van der Waals surface area contributed by atoms with Gasteiger partial charge in [0.05, 0.1) is 0 Å². The second kappa shape index (κ2) is 9.17. The van der Waals surface area contributed by atoms with Crippen LogP contribution in [0.1, 0.15) is 47.0 Å². The lowest BCUT2D eigenvalue weighted by atomic mass is 10.1. The molecule has 0 radical (unpaired) electrons. The molecule has 0 bridgehead atoms. The highest BCUT2D eigenvalue weighted by Gasteiger charge is 2.05. The van der Waals surface area contributed by atoms with Gasteiger partial charge >= 0.3 is 0 Å². The van der Waals surface area contributed by atoms with E-state index in [2.05, 4.69) is 37.9 Å². The highest BCUT2D eigenvalue weighted by Crippen LogP contribution is 2.04. The number of nitrogens with one attached hydrogen (secondary N) is 1. The molecule has 92 valence electrons. The van der Waals surface area contributed by atoms with E-state index in [1.807, 2.05) is 7.05 Å². The second-order valence-electron chi connectivity index (χ2n) is 4.97. The minimum atomic E-state index is 0.671. The number of unbranched alkanes of at least 4 members (excludes halogenated alkanes) is 1. The van der Waals surface area contributed by atoms with Crippen LogP contribution >= 0.6 is 0 Å². The Bertz CT molecular complexity index is 134. The molecule has 0 aromatic heterocycles. The molecule has 0 aromatic rings. The van der Waals surface area contributed by atoms with E-state index in [1.54, 1.807) is 0 Å². The number of rotatable bonds is 9. The molecule has 15 heavy (non-hydrogen) atoms. The Morgan fingerprint density at radius 3 is 2.27 bits per heavy atom. The van der Waals surface area contributed by atoms with Crippen molar-refractivity contribution in [2.45, 2.75) is 53.0 Å². The molecule has 0 fully saturated rings. The van der Waals surface area contributed by atoms with E-state index in [-0.39, 0.29) is 0 Å². The van der Waals surface area contributed by atoms with Crippen LogP contribution in [0.5, 0.6) is 0 Å². The number of nitrogens with zero attached hydrogens (tertiary/aromatic N) is 1. The molecule has 0 aliphatic heterocycles. The number of hydrogen-bond acceptors (Lipinski definition) is 2. The van der Waals surface area contributed by atoms with E-state index in [1.165, 1.54) is 38.9 Å². The van der Waals surface area contributed by atoms with Crippen LogP contribution < -0.4 is 5.32 Å². The van der Waals surface area contributed by atoms with E-state index in [4.69, 9.17) is 0 Å². The maximum absolute atomic E-state index is 3.29. The van der Waals surface area contributed by atoms with Crippen LogP contribution in [-0.4, -0.2) is 37.6 Å². The van der Waals surface area contributed by atoms with Gasteiger partial charge in [-0.2, -0.15) is 0 Å². The molecule has 0 spiro atoms. The van der Waals surface area contributed by atoms with Crippen LogP contribution in [0.4, 0.5) is 0 Å². The molecule has 1 atom stereocenters. The fraction of sp³-hybridized carbons (Fsp3) is 1.00. The van der Waals surface area contributed by atoms with E-state index in [0.29, 0.717) is 6.04 Å². The van der Waals surface area contributed by atoms with E-state index < -0.39 is 0 Å². The molecule has 2 heteroatoms. The highest BCUT2D eigenvalue weighted by atomic mass is 15.1. The summed E-state index contributed by atoms with van der Waals surface area (Å²) in [6.07, 6.45) is 3.99. The van der Waals surface area contributed by atoms with Crippen molar-refractivity contribution in [1.29, 1.82) is 0 Å². The Morgan fingerprint density at radius 1 is 1.13 bits per heavy atom. The molecule has 1 unspecified atom stereocenters. The summed E-state index contributed by atoms with van der Waals surface area (Å²) in [6.45, 7) is 12.8. The fourth-order valence-corrected chi connectivity index (χ4v) is 1.83. The summed E-state index contributed by atoms with van der Waals surface area (Å²) in [6, 6.07) is 0.671. The van der Waals surface area contributed by atoms with Gasteiger partial charge in [-0.15, -0.1) is 0 Å². The SMILES string of the molecule is CCN(CCCCC(C)NC)CC(C)C. The zero-order chi connectivity index (χ0) is 11.7. The monoisotopic (exact) mass is 214 g/mol. The molecular formula is C13H30N2. The van der Waals surface area contributed by atoms with E-state index in [9.17, 15) is 0 Å². The van der Waals surface area contributed by atoms with Crippen molar-refractivity contribution in [3.63, 3.8) is 0 Å². The van der Waals surface area contributed by atoms with Gasteiger partial charge in [0.15, 0.2) is 0 Å². The third-order valence-electron chi connectivity index (χ3n) is 2.92. The van der Waals surface area contributed by atoms with Crippen molar-refractivity contribution in [1.82, 2.24) is 10.2 Å². The molecule has 0 saturated heterocycles. The minimum Gasteiger partial charge on any atom is -0.317 e. The fourth-order valence-electron chi connectivity index (χ4n) is 1.83. The van der Waals surface area contributed by atoms with Gasteiger partial charge in [-0.1, -0.05) is 27.2 Å². The normalized spacial score (nSPS) is 13.8. The van der Waals surface area contributed by atoms with Gasteiger partial charge in [0.2, 0.25) is 0 Å². The lowest BCUT2D eigenvalue weighted by Gasteiger charge is -2.22. The molecule has 2 nitrogen and oxygen atoms in total. The first kappa shape index (κ1) is 14.9. The van der Waals surface area contributed by atoms with Crippen molar-refractivity contribution >= 4 is 0 Å². The lowest BCUT2D eigenvalue weighted by Crippen LogP contribution is -2.29.